The summed E-state index contributed by atoms with van der Waals surface area (Å²) in [5.74, 6) is 0. The van der Waals surface area contributed by atoms with Crippen LogP contribution in [-0.4, -0.2) is 0 Å². The third-order valence-electron chi connectivity index (χ3n) is 1.94. The SMILES string of the molecule is Nc1ccc2c(CBr)csc2c1Br. The van der Waals surface area contributed by atoms with E-state index in [1.165, 1.54) is 15.6 Å². The van der Waals surface area contributed by atoms with Gasteiger partial charge in [0, 0.05) is 11.0 Å². The van der Waals surface area contributed by atoms with Crippen LogP contribution in [0.5, 0.6) is 0 Å². The maximum Gasteiger partial charge on any atom is 0.0583 e. The van der Waals surface area contributed by atoms with E-state index in [4.69, 9.17) is 5.73 Å². The Balaban J connectivity index is 2.81. The molecule has 0 saturated carbocycles. The van der Waals surface area contributed by atoms with E-state index in [1.807, 2.05) is 6.07 Å². The number of nitrogen functional groups attached to an aromatic ring is 1. The van der Waals surface area contributed by atoms with Crippen LogP contribution in [0.2, 0.25) is 0 Å². The molecule has 0 radical (unpaired) electrons. The number of benzene rings is 1. The van der Waals surface area contributed by atoms with E-state index in [2.05, 4.69) is 43.3 Å². The van der Waals surface area contributed by atoms with Gasteiger partial charge >= 0.3 is 0 Å². The fourth-order valence-electron chi connectivity index (χ4n) is 1.24. The number of hydrogen-bond acceptors (Lipinski definition) is 2. The highest BCUT2D eigenvalue weighted by atomic mass is 79.9. The molecule has 1 aromatic heterocycles. The highest BCUT2D eigenvalue weighted by Gasteiger charge is 2.07. The van der Waals surface area contributed by atoms with E-state index in [0.29, 0.717) is 0 Å². The van der Waals surface area contributed by atoms with Crippen molar-refractivity contribution in [3.05, 3.63) is 27.5 Å². The minimum absolute atomic E-state index is 0.801. The van der Waals surface area contributed by atoms with Gasteiger partial charge in [-0.25, -0.2) is 0 Å². The predicted molar refractivity (Wildman–Crippen MR) is 66.6 cm³/mol. The van der Waals surface area contributed by atoms with Crippen LogP contribution in [0.25, 0.3) is 10.1 Å². The molecule has 0 aliphatic carbocycles. The zero-order valence-electron chi connectivity index (χ0n) is 6.68. The second-order valence-corrected chi connectivity index (χ2v) is 4.97. The van der Waals surface area contributed by atoms with Gasteiger partial charge in [-0.2, -0.15) is 0 Å². The monoisotopic (exact) mass is 319 g/mol. The van der Waals surface area contributed by atoms with Gasteiger partial charge in [0.25, 0.3) is 0 Å². The smallest absolute Gasteiger partial charge is 0.0583 e. The summed E-state index contributed by atoms with van der Waals surface area (Å²) in [6.45, 7) is 0. The molecule has 13 heavy (non-hydrogen) atoms. The highest BCUT2D eigenvalue weighted by molar-refractivity contribution is 9.10. The molecule has 0 bridgehead atoms. The van der Waals surface area contributed by atoms with Crippen molar-refractivity contribution in [1.29, 1.82) is 0 Å². The van der Waals surface area contributed by atoms with Gasteiger partial charge in [0.2, 0.25) is 0 Å². The summed E-state index contributed by atoms with van der Waals surface area (Å²) >= 11 is 8.68. The topological polar surface area (TPSA) is 26.0 Å². The lowest BCUT2D eigenvalue weighted by molar-refractivity contribution is 1.54. The molecule has 2 aromatic rings. The molecule has 2 N–H and O–H groups in total. The molecule has 1 aromatic carbocycles. The molecule has 0 amide bonds. The molecule has 1 heterocycles. The van der Waals surface area contributed by atoms with Crippen molar-refractivity contribution in [2.24, 2.45) is 0 Å². The average Bonchev–Trinajstić information content (AvgIpc) is 2.55. The minimum atomic E-state index is 0.801. The number of halogens is 2. The summed E-state index contributed by atoms with van der Waals surface area (Å²) in [7, 11) is 0. The van der Waals surface area contributed by atoms with E-state index in [1.54, 1.807) is 11.3 Å². The fraction of sp³-hybridized carbons (Fsp3) is 0.111. The largest absolute Gasteiger partial charge is 0.398 e. The third kappa shape index (κ3) is 1.51. The highest BCUT2D eigenvalue weighted by Crippen LogP contribution is 2.36. The maximum absolute atomic E-state index is 5.78. The van der Waals surface area contributed by atoms with Gasteiger partial charge in [-0.05, 0) is 38.3 Å². The molecule has 0 atom stereocenters. The Bertz CT molecular complexity index is 450. The summed E-state index contributed by atoms with van der Waals surface area (Å²) < 4.78 is 2.25. The standard InChI is InChI=1S/C9H7Br2NS/c10-3-5-4-13-9-6(5)1-2-7(12)8(9)11/h1-2,4H,3,12H2. The number of anilines is 1. The van der Waals surface area contributed by atoms with Crippen molar-refractivity contribution in [1.82, 2.24) is 0 Å². The van der Waals surface area contributed by atoms with Crippen LogP contribution in [0, 0.1) is 0 Å². The van der Waals surface area contributed by atoms with Crippen LogP contribution in [-0.2, 0) is 5.33 Å². The van der Waals surface area contributed by atoms with Crippen LogP contribution in [0.4, 0.5) is 5.69 Å². The first-order valence-electron chi connectivity index (χ1n) is 3.74. The second-order valence-electron chi connectivity index (χ2n) is 2.74. The van der Waals surface area contributed by atoms with E-state index < -0.39 is 0 Å². The molecule has 0 saturated heterocycles. The summed E-state index contributed by atoms with van der Waals surface area (Å²) in [6.07, 6.45) is 0. The zero-order chi connectivity index (χ0) is 9.42. The van der Waals surface area contributed by atoms with E-state index in [0.717, 1.165) is 15.5 Å². The van der Waals surface area contributed by atoms with Crippen LogP contribution in [0.15, 0.2) is 22.0 Å². The molecule has 0 unspecified atom stereocenters. The molecule has 0 aliphatic rings. The van der Waals surface area contributed by atoms with E-state index >= 15 is 0 Å². The first-order chi connectivity index (χ1) is 6.24. The molecule has 2 rings (SSSR count). The van der Waals surface area contributed by atoms with Gasteiger partial charge in [-0.3, -0.25) is 0 Å². The number of thiophene rings is 1. The Morgan fingerprint density at radius 3 is 2.85 bits per heavy atom. The van der Waals surface area contributed by atoms with Crippen LogP contribution in [0.1, 0.15) is 5.56 Å². The average molecular weight is 321 g/mol. The molecule has 68 valence electrons. The van der Waals surface area contributed by atoms with Gasteiger partial charge in [-0.15, -0.1) is 11.3 Å². The van der Waals surface area contributed by atoms with Crippen LogP contribution in [0.3, 0.4) is 0 Å². The molecular weight excluding hydrogens is 314 g/mol. The first kappa shape index (κ1) is 9.49. The summed E-state index contributed by atoms with van der Waals surface area (Å²) in [5, 5.41) is 4.33. The molecule has 0 fully saturated rings. The van der Waals surface area contributed by atoms with Gasteiger partial charge in [0.1, 0.15) is 0 Å². The van der Waals surface area contributed by atoms with Crippen molar-refractivity contribution in [2.75, 3.05) is 5.73 Å². The Hall–Kier alpha value is -0.0600. The normalized spacial score (nSPS) is 10.9. The Labute approximate surface area is 97.2 Å². The van der Waals surface area contributed by atoms with Gasteiger partial charge < -0.3 is 5.73 Å². The molecular formula is C9H7Br2NS. The van der Waals surface area contributed by atoms with E-state index in [9.17, 15) is 0 Å². The Morgan fingerprint density at radius 2 is 2.15 bits per heavy atom. The second kappa shape index (κ2) is 3.59. The first-order valence-corrected chi connectivity index (χ1v) is 6.53. The summed E-state index contributed by atoms with van der Waals surface area (Å²) in [6, 6.07) is 4.01. The van der Waals surface area contributed by atoms with Crippen molar-refractivity contribution in [2.45, 2.75) is 5.33 Å². The van der Waals surface area contributed by atoms with E-state index in [-0.39, 0.29) is 0 Å². The summed E-state index contributed by atoms with van der Waals surface area (Å²) in [5.41, 5.74) is 7.91. The zero-order valence-corrected chi connectivity index (χ0v) is 10.7. The lowest BCUT2D eigenvalue weighted by Gasteiger charge is -1.99. The molecule has 4 heteroatoms. The van der Waals surface area contributed by atoms with Crippen LogP contribution < -0.4 is 5.73 Å². The minimum Gasteiger partial charge on any atom is -0.398 e. The molecule has 0 aliphatic heterocycles. The predicted octanol–water partition coefficient (Wildman–Crippen LogP) is 4.14. The molecule has 0 spiro atoms. The van der Waals surface area contributed by atoms with Gasteiger partial charge in [0.15, 0.2) is 0 Å². The number of alkyl halides is 1. The lowest BCUT2D eigenvalue weighted by Crippen LogP contribution is -1.85. The molecule has 1 nitrogen and oxygen atoms in total. The quantitative estimate of drug-likeness (QED) is 0.620. The van der Waals surface area contributed by atoms with Crippen molar-refractivity contribution >= 4 is 59.0 Å². The fourth-order valence-corrected chi connectivity index (χ4v) is 3.56. The number of fused-ring (bicyclic) bond motifs is 1. The maximum atomic E-state index is 5.78. The van der Waals surface area contributed by atoms with Gasteiger partial charge in [0.05, 0.1) is 9.17 Å². The lowest BCUT2D eigenvalue weighted by atomic mass is 10.2. The Morgan fingerprint density at radius 1 is 1.38 bits per heavy atom. The Kier molecular flexibility index (Phi) is 2.62. The van der Waals surface area contributed by atoms with Crippen molar-refractivity contribution in [3.8, 4) is 0 Å². The third-order valence-corrected chi connectivity index (χ3v) is 4.72. The van der Waals surface area contributed by atoms with Crippen LogP contribution >= 0.6 is 43.2 Å². The summed E-state index contributed by atoms with van der Waals surface area (Å²) in [4.78, 5) is 0. The number of nitrogens with two attached hydrogens (primary N) is 1. The number of hydrogen-bond donors (Lipinski definition) is 1. The number of rotatable bonds is 1. The van der Waals surface area contributed by atoms with Gasteiger partial charge in [-0.1, -0.05) is 22.0 Å². The van der Waals surface area contributed by atoms with Crippen molar-refractivity contribution < 1.29 is 0 Å². The van der Waals surface area contributed by atoms with Crippen molar-refractivity contribution in [3.63, 3.8) is 0 Å².